The fraction of sp³-hybridized carbons (Fsp3) is 0.143. The van der Waals surface area contributed by atoms with Crippen molar-refractivity contribution in [2.24, 2.45) is 0 Å². The number of anilines is 1. The van der Waals surface area contributed by atoms with Crippen molar-refractivity contribution >= 4 is 21.6 Å². The lowest BCUT2D eigenvalue weighted by Gasteiger charge is -2.14. The molecule has 0 amide bonds. The van der Waals surface area contributed by atoms with Crippen molar-refractivity contribution in [2.45, 2.75) is 20.1 Å². The van der Waals surface area contributed by atoms with Crippen LogP contribution in [0.1, 0.15) is 16.7 Å². The monoisotopic (exact) mass is 399 g/mol. The first kappa shape index (κ1) is 17.5. The maximum Gasteiger partial charge on any atom is 0.124 e. The van der Waals surface area contributed by atoms with Gasteiger partial charge in [-0.3, -0.25) is 0 Å². The van der Waals surface area contributed by atoms with Gasteiger partial charge in [0, 0.05) is 22.3 Å². The quantitative estimate of drug-likeness (QED) is 0.541. The van der Waals surface area contributed by atoms with E-state index in [1.807, 2.05) is 36.4 Å². The number of halogens is 2. The number of hydrogen-bond acceptors (Lipinski definition) is 2. The van der Waals surface area contributed by atoms with Crippen molar-refractivity contribution < 1.29 is 9.13 Å². The molecule has 0 heterocycles. The summed E-state index contributed by atoms with van der Waals surface area (Å²) in [6, 6.07) is 20.6. The molecule has 2 nitrogen and oxygen atoms in total. The summed E-state index contributed by atoms with van der Waals surface area (Å²) in [4.78, 5) is 0. The Hall–Kier alpha value is -2.33. The van der Waals surface area contributed by atoms with E-state index in [1.54, 1.807) is 6.07 Å². The summed E-state index contributed by atoms with van der Waals surface area (Å²) < 4.78 is 20.2. The molecular weight excluding hydrogens is 381 g/mol. The average molecular weight is 400 g/mol. The lowest BCUT2D eigenvalue weighted by molar-refractivity contribution is 0.302. The molecule has 0 aromatic heterocycles. The maximum absolute atomic E-state index is 13.3. The minimum atomic E-state index is -0.252. The van der Waals surface area contributed by atoms with Gasteiger partial charge in [-0.1, -0.05) is 40.2 Å². The SMILES string of the molecule is Cc1cccc(NCc2cc(Br)ccc2OCc2cccc(F)c2)c1. The lowest BCUT2D eigenvalue weighted by Crippen LogP contribution is -2.04. The fourth-order valence-corrected chi connectivity index (χ4v) is 2.98. The van der Waals surface area contributed by atoms with Crippen LogP contribution in [0.15, 0.2) is 71.2 Å². The van der Waals surface area contributed by atoms with Crippen LogP contribution in [0.3, 0.4) is 0 Å². The number of benzene rings is 3. The van der Waals surface area contributed by atoms with Gasteiger partial charge in [0.1, 0.15) is 18.2 Å². The summed E-state index contributed by atoms with van der Waals surface area (Å²) in [5, 5.41) is 3.42. The van der Waals surface area contributed by atoms with Gasteiger partial charge in [-0.05, 0) is 60.5 Å². The molecule has 128 valence electrons. The predicted molar refractivity (Wildman–Crippen MR) is 103 cm³/mol. The summed E-state index contributed by atoms with van der Waals surface area (Å²) in [5.74, 6) is 0.533. The summed E-state index contributed by atoms with van der Waals surface area (Å²) in [6.45, 7) is 3.04. The van der Waals surface area contributed by atoms with Crippen LogP contribution in [-0.4, -0.2) is 0 Å². The Balaban J connectivity index is 1.71. The second kappa shape index (κ2) is 8.17. The van der Waals surface area contributed by atoms with E-state index in [0.29, 0.717) is 13.2 Å². The summed E-state index contributed by atoms with van der Waals surface area (Å²) in [6.07, 6.45) is 0. The van der Waals surface area contributed by atoms with Gasteiger partial charge in [-0.2, -0.15) is 0 Å². The minimum absolute atomic E-state index is 0.252. The van der Waals surface area contributed by atoms with E-state index in [9.17, 15) is 4.39 Å². The highest BCUT2D eigenvalue weighted by Crippen LogP contribution is 2.25. The van der Waals surface area contributed by atoms with E-state index in [-0.39, 0.29) is 5.82 Å². The standard InChI is InChI=1S/C21H19BrFNO/c1-15-4-2-7-20(10-15)24-13-17-12-18(22)8-9-21(17)25-14-16-5-3-6-19(23)11-16/h2-12,24H,13-14H2,1H3. The molecule has 0 aliphatic heterocycles. The molecule has 0 aliphatic carbocycles. The number of nitrogens with one attached hydrogen (secondary N) is 1. The third-order valence-corrected chi connectivity index (χ3v) is 4.30. The number of hydrogen-bond donors (Lipinski definition) is 1. The molecule has 4 heteroatoms. The Morgan fingerprint density at radius 2 is 1.84 bits per heavy atom. The Morgan fingerprint density at radius 1 is 1.00 bits per heavy atom. The Labute approximate surface area is 155 Å². The summed E-state index contributed by atoms with van der Waals surface area (Å²) in [5.41, 5.74) is 4.12. The van der Waals surface area contributed by atoms with Crippen LogP contribution in [0.4, 0.5) is 10.1 Å². The molecule has 0 aliphatic rings. The lowest BCUT2D eigenvalue weighted by atomic mass is 10.1. The molecule has 0 saturated carbocycles. The van der Waals surface area contributed by atoms with Crippen molar-refractivity contribution in [1.29, 1.82) is 0 Å². The van der Waals surface area contributed by atoms with Gasteiger partial charge in [0.2, 0.25) is 0 Å². The van der Waals surface area contributed by atoms with E-state index >= 15 is 0 Å². The Kier molecular flexibility index (Phi) is 5.71. The molecule has 1 N–H and O–H groups in total. The Bertz CT molecular complexity index is 866. The van der Waals surface area contributed by atoms with Crippen LogP contribution >= 0.6 is 15.9 Å². The molecule has 0 saturated heterocycles. The number of aryl methyl sites for hydroxylation is 1. The average Bonchev–Trinajstić information content (AvgIpc) is 2.59. The van der Waals surface area contributed by atoms with E-state index in [2.05, 4.69) is 40.3 Å². The first-order valence-corrected chi connectivity index (χ1v) is 8.86. The van der Waals surface area contributed by atoms with Crippen molar-refractivity contribution in [3.05, 3.63) is 93.7 Å². The van der Waals surface area contributed by atoms with Crippen LogP contribution < -0.4 is 10.1 Å². The van der Waals surface area contributed by atoms with Gasteiger partial charge in [-0.25, -0.2) is 4.39 Å². The predicted octanol–water partition coefficient (Wildman–Crippen LogP) is 6.09. The number of ether oxygens (including phenoxy) is 1. The maximum atomic E-state index is 13.3. The molecule has 25 heavy (non-hydrogen) atoms. The van der Waals surface area contributed by atoms with Crippen LogP contribution in [0, 0.1) is 12.7 Å². The summed E-state index contributed by atoms with van der Waals surface area (Å²) in [7, 11) is 0. The van der Waals surface area contributed by atoms with E-state index in [0.717, 1.165) is 27.0 Å². The second-order valence-corrected chi connectivity index (χ2v) is 6.81. The largest absolute Gasteiger partial charge is 0.489 e. The molecule has 0 unspecified atom stereocenters. The van der Waals surface area contributed by atoms with E-state index < -0.39 is 0 Å². The van der Waals surface area contributed by atoms with Crippen LogP contribution in [0.25, 0.3) is 0 Å². The van der Waals surface area contributed by atoms with Crippen molar-refractivity contribution in [3.8, 4) is 5.75 Å². The molecular formula is C21H19BrFNO. The normalized spacial score (nSPS) is 10.5. The highest BCUT2D eigenvalue weighted by atomic mass is 79.9. The fourth-order valence-electron chi connectivity index (χ4n) is 2.57. The first-order chi connectivity index (χ1) is 12.1. The van der Waals surface area contributed by atoms with Gasteiger partial charge >= 0.3 is 0 Å². The first-order valence-electron chi connectivity index (χ1n) is 8.06. The highest BCUT2D eigenvalue weighted by Gasteiger charge is 2.06. The molecule has 3 rings (SSSR count). The zero-order valence-corrected chi connectivity index (χ0v) is 15.5. The molecule has 0 atom stereocenters. The zero-order chi connectivity index (χ0) is 17.6. The van der Waals surface area contributed by atoms with Crippen LogP contribution in [-0.2, 0) is 13.2 Å². The van der Waals surface area contributed by atoms with Crippen molar-refractivity contribution in [2.75, 3.05) is 5.32 Å². The second-order valence-electron chi connectivity index (χ2n) is 5.89. The van der Waals surface area contributed by atoms with Crippen molar-refractivity contribution in [1.82, 2.24) is 0 Å². The van der Waals surface area contributed by atoms with Gasteiger partial charge in [0.15, 0.2) is 0 Å². The van der Waals surface area contributed by atoms with Gasteiger partial charge < -0.3 is 10.1 Å². The smallest absolute Gasteiger partial charge is 0.124 e. The molecule has 0 radical (unpaired) electrons. The van der Waals surface area contributed by atoms with Gasteiger partial charge in [-0.15, -0.1) is 0 Å². The number of rotatable bonds is 6. The third kappa shape index (κ3) is 5.07. The van der Waals surface area contributed by atoms with Crippen LogP contribution in [0.2, 0.25) is 0 Å². The van der Waals surface area contributed by atoms with Gasteiger partial charge in [0.25, 0.3) is 0 Å². The molecule has 3 aromatic rings. The third-order valence-electron chi connectivity index (χ3n) is 3.81. The zero-order valence-electron chi connectivity index (χ0n) is 13.9. The van der Waals surface area contributed by atoms with Gasteiger partial charge in [0.05, 0.1) is 0 Å². The topological polar surface area (TPSA) is 21.3 Å². The van der Waals surface area contributed by atoms with E-state index in [1.165, 1.54) is 17.7 Å². The molecule has 0 fully saturated rings. The molecule has 0 bridgehead atoms. The van der Waals surface area contributed by atoms with Crippen molar-refractivity contribution in [3.63, 3.8) is 0 Å². The highest BCUT2D eigenvalue weighted by molar-refractivity contribution is 9.10. The minimum Gasteiger partial charge on any atom is -0.489 e. The molecule has 0 spiro atoms. The van der Waals surface area contributed by atoms with Crippen LogP contribution in [0.5, 0.6) is 5.75 Å². The van der Waals surface area contributed by atoms with E-state index in [4.69, 9.17) is 4.74 Å². The summed E-state index contributed by atoms with van der Waals surface area (Å²) >= 11 is 3.51. The Morgan fingerprint density at radius 3 is 2.64 bits per heavy atom. The molecule has 3 aromatic carbocycles.